The number of nitrogens with zero attached hydrogens (tertiary/aromatic N) is 2. The maximum absolute atomic E-state index is 10.0. The lowest BCUT2D eigenvalue weighted by Gasteiger charge is -2.25. The van der Waals surface area contributed by atoms with E-state index in [2.05, 4.69) is 29.4 Å². The van der Waals surface area contributed by atoms with E-state index in [-0.39, 0.29) is 0 Å². The fourth-order valence-corrected chi connectivity index (χ4v) is 1.63. The van der Waals surface area contributed by atoms with Gasteiger partial charge in [-0.3, -0.25) is 0 Å². The van der Waals surface area contributed by atoms with Crippen molar-refractivity contribution in [1.29, 1.82) is 0 Å². The zero-order valence-corrected chi connectivity index (χ0v) is 9.57. The van der Waals surface area contributed by atoms with Gasteiger partial charge in [0.2, 0.25) is 0 Å². The van der Waals surface area contributed by atoms with Crippen LogP contribution in [0.5, 0.6) is 0 Å². The lowest BCUT2D eigenvalue weighted by molar-refractivity contribution is 0.0514. The molecule has 0 aliphatic heterocycles. The van der Waals surface area contributed by atoms with Crippen molar-refractivity contribution >= 4 is 5.82 Å². The number of hydrogen-bond donors (Lipinski definition) is 2. The van der Waals surface area contributed by atoms with Crippen LogP contribution in [-0.4, -0.2) is 27.4 Å². The Morgan fingerprint density at radius 3 is 2.80 bits per heavy atom. The molecule has 0 radical (unpaired) electrons. The van der Waals surface area contributed by atoms with Crippen LogP contribution in [0, 0.1) is 5.92 Å². The van der Waals surface area contributed by atoms with Crippen LogP contribution in [0.2, 0.25) is 0 Å². The largest absolute Gasteiger partial charge is 0.388 e. The van der Waals surface area contributed by atoms with E-state index < -0.39 is 5.60 Å². The van der Waals surface area contributed by atoms with Gasteiger partial charge < -0.3 is 10.4 Å². The van der Waals surface area contributed by atoms with E-state index in [4.69, 9.17) is 0 Å². The Morgan fingerprint density at radius 1 is 1.53 bits per heavy atom. The van der Waals surface area contributed by atoms with Crippen molar-refractivity contribution in [2.24, 2.45) is 5.92 Å². The summed E-state index contributed by atoms with van der Waals surface area (Å²) in [5.41, 5.74) is -0.703. The van der Waals surface area contributed by atoms with Gasteiger partial charge in [0.15, 0.2) is 0 Å². The van der Waals surface area contributed by atoms with Crippen LogP contribution in [0.4, 0.5) is 5.82 Å². The maximum Gasteiger partial charge on any atom is 0.148 e. The van der Waals surface area contributed by atoms with Gasteiger partial charge in [0.1, 0.15) is 5.82 Å². The third-order valence-corrected chi connectivity index (χ3v) is 2.07. The molecule has 15 heavy (non-hydrogen) atoms. The molecule has 4 nitrogen and oxygen atoms in total. The molecule has 0 fully saturated rings. The molecule has 0 saturated carbocycles. The molecular formula is C11H19N3O. The highest BCUT2D eigenvalue weighted by atomic mass is 16.3. The number of rotatable bonds is 5. The number of aromatic nitrogens is 2. The van der Waals surface area contributed by atoms with Crippen LogP contribution in [-0.2, 0) is 0 Å². The van der Waals surface area contributed by atoms with Crippen LogP contribution < -0.4 is 5.32 Å². The quantitative estimate of drug-likeness (QED) is 0.774. The van der Waals surface area contributed by atoms with Gasteiger partial charge in [0.05, 0.1) is 5.60 Å². The standard InChI is InChI=1S/C11H19N3O/c1-9(2)7-11(3,15)8-12-10-5-4-6-13-14-10/h4-6,9,15H,7-8H2,1-3H3,(H,12,14). The first-order chi connectivity index (χ1) is 6.99. The van der Waals surface area contributed by atoms with E-state index in [0.717, 1.165) is 6.42 Å². The first-order valence-corrected chi connectivity index (χ1v) is 5.23. The van der Waals surface area contributed by atoms with Gasteiger partial charge in [-0.05, 0) is 31.4 Å². The summed E-state index contributed by atoms with van der Waals surface area (Å²) in [6.07, 6.45) is 2.39. The Labute approximate surface area is 90.7 Å². The van der Waals surface area contributed by atoms with Gasteiger partial charge in [-0.25, -0.2) is 0 Å². The van der Waals surface area contributed by atoms with Crippen molar-refractivity contribution in [3.05, 3.63) is 18.3 Å². The van der Waals surface area contributed by atoms with E-state index >= 15 is 0 Å². The third-order valence-electron chi connectivity index (χ3n) is 2.07. The summed E-state index contributed by atoms with van der Waals surface area (Å²) in [5.74, 6) is 1.17. The molecule has 1 aromatic rings. The minimum Gasteiger partial charge on any atom is -0.388 e. The molecule has 0 aliphatic carbocycles. The minimum atomic E-state index is -0.703. The zero-order chi connectivity index (χ0) is 11.3. The molecule has 0 saturated heterocycles. The number of hydrogen-bond acceptors (Lipinski definition) is 4. The molecule has 1 rings (SSSR count). The second-order valence-corrected chi connectivity index (χ2v) is 4.56. The molecule has 0 bridgehead atoms. The SMILES string of the molecule is CC(C)CC(C)(O)CNc1cccnn1. The predicted molar refractivity (Wildman–Crippen MR) is 60.6 cm³/mol. The van der Waals surface area contributed by atoms with Crippen molar-refractivity contribution in [2.45, 2.75) is 32.8 Å². The molecule has 0 amide bonds. The van der Waals surface area contributed by atoms with Gasteiger partial charge in [-0.15, -0.1) is 5.10 Å². The second kappa shape index (κ2) is 5.07. The molecule has 0 spiro atoms. The Kier molecular flexibility index (Phi) is 4.03. The Bertz CT molecular complexity index is 285. The van der Waals surface area contributed by atoms with E-state index in [1.807, 2.05) is 19.1 Å². The lowest BCUT2D eigenvalue weighted by atomic mass is 9.94. The highest BCUT2D eigenvalue weighted by molar-refractivity contribution is 5.31. The summed E-state index contributed by atoms with van der Waals surface area (Å²) in [6, 6.07) is 3.64. The molecule has 1 heterocycles. The van der Waals surface area contributed by atoms with Gasteiger partial charge >= 0.3 is 0 Å². The first kappa shape index (κ1) is 11.9. The lowest BCUT2D eigenvalue weighted by Crippen LogP contribution is -2.35. The van der Waals surface area contributed by atoms with E-state index in [1.165, 1.54) is 0 Å². The van der Waals surface area contributed by atoms with Crippen LogP contribution in [0.3, 0.4) is 0 Å². The average molecular weight is 209 g/mol. The number of anilines is 1. The highest BCUT2D eigenvalue weighted by Gasteiger charge is 2.21. The van der Waals surface area contributed by atoms with Gasteiger partial charge in [-0.2, -0.15) is 5.10 Å². The normalized spacial score (nSPS) is 15.0. The molecule has 84 valence electrons. The molecule has 1 unspecified atom stereocenters. The molecule has 1 aromatic heterocycles. The van der Waals surface area contributed by atoms with Crippen molar-refractivity contribution in [2.75, 3.05) is 11.9 Å². The summed E-state index contributed by atoms with van der Waals surface area (Å²) in [4.78, 5) is 0. The van der Waals surface area contributed by atoms with Gasteiger partial charge in [0.25, 0.3) is 0 Å². The molecule has 4 heteroatoms. The molecule has 1 atom stereocenters. The molecule has 0 aromatic carbocycles. The summed E-state index contributed by atoms with van der Waals surface area (Å²) in [5, 5.41) is 20.7. The van der Waals surface area contributed by atoms with E-state index in [1.54, 1.807) is 6.20 Å². The Balaban J connectivity index is 2.42. The smallest absolute Gasteiger partial charge is 0.148 e. The Morgan fingerprint density at radius 2 is 2.27 bits per heavy atom. The minimum absolute atomic E-state index is 0.476. The summed E-state index contributed by atoms with van der Waals surface area (Å²) in [6.45, 7) is 6.51. The monoisotopic (exact) mass is 209 g/mol. The van der Waals surface area contributed by atoms with E-state index in [9.17, 15) is 5.11 Å². The zero-order valence-electron chi connectivity index (χ0n) is 9.57. The topological polar surface area (TPSA) is 58.0 Å². The molecule has 0 aliphatic rings. The fourth-order valence-electron chi connectivity index (χ4n) is 1.63. The van der Waals surface area contributed by atoms with Crippen molar-refractivity contribution in [3.63, 3.8) is 0 Å². The van der Waals surface area contributed by atoms with Crippen molar-refractivity contribution in [3.8, 4) is 0 Å². The second-order valence-electron chi connectivity index (χ2n) is 4.56. The predicted octanol–water partition coefficient (Wildman–Crippen LogP) is 1.69. The van der Waals surface area contributed by atoms with Crippen LogP contribution >= 0.6 is 0 Å². The molecule has 2 N–H and O–H groups in total. The van der Waals surface area contributed by atoms with Crippen LogP contribution in [0.1, 0.15) is 27.2 Å². The van der Waals surface area contributed by atoms with Crippen molar-refractivity contribution in [1.82, 2.24) is 10.2 Å². The third kappa shape index (κ3) is 4.74. The van der Waals surface area contributed by atoms with E-state index in [0.29, 0.717) is 18.3 Å². The number of aliphatic hydroxyl groups is 1. The van der Waals surface area contributed by atoms with Crippen LogP contribution in [0.25, 0.3) is 0 Å². The fraction of sp³-hybridized carbons (Fsp3) is 0.636. The van der Waals surface area contributed by atoms with Gasteiger partial charge in [0, 0.05) is 12.7 Å². The van der Waals surface area contributed by atoms with Crippen molar-refractivity contribution < 1.29 is 5.11 Å². The number of nitrogens with one attached hydrogen (secondary N) is 1. The van der Waals surface area contributed by atoms with Gasteiger partial charge in [-0.1, -0.05) is 13.8 Å². The summed E-state index contributed by atoms with van der Waals surface area (Å²) in [7, 11) is 0. The first-order valence-electron chi connectivity index (χ1n) is 5.23. The summed E-state index contributed by atoms with van der Waals surface area (Å²) >= 11 is 0. The Hall–Kier alpha value is -1.16. The highest BCUT2D eigenvalue weighted by Crippen LogP contribution is 2.16. The summed E-state index contributed by atoms with van der Waals surface area (Å²) < 4.78 is 0. The maximum atomic E-state index is 10.0. The molecular weight excluding hydrogens is 190 g/mol. The van der Waals surface area contributed by atoms with Crippen LogP contribution in [0.15, 0.2) is 18.3 Å². The average Bonchev–Trinajstić information content (AvgIpc) is 2.15.